The van der Waals surface area contributed by atoms with Crippen LogP contribution in [0, 0.1) is 12.8 Å². The summed E-state index contributed by atoms with van der Waals surface area (Å²) in [7, 11) is 0. The Kier molecular flexibility index (Phi) is 13.2. The average molecular weight is 669 g/mol. The van der Waals surface area contributed by atoms with Gasteiger partial charge in [-0.2, -0.15) is 0 Å². The monoisotopic (exact) mass is 668 g/mol. The Morgan fingerprint density at radius 3 is 2.49 bits per heavy atom. The van der Waals surface area contributed by atoms with Gasteiger partial charge >= 0.3 is 0 Å². The largest absolute Gasteiger partial charge is 0.494 e. The number of aryl methyl sites for hydroxylation is 2. The Labute approximate surface area is 288 Å². The number of carbonyl (C=O) groups is 4. The molecule has 260 valence electrons. The van der Waals surface area contributed by atoms with Gasteiger partial charge in [-0.3, -0.25) is 19.2 Å². The van der Waals surface area contributed by atoms with Crippen molar-refractivity contribution in [1.29, 1.82) is 0 Å². The fraction of sp³-hybridized carbons (Fsp3) is 0.436. The van der Waals surface area contributed by atoms with Gasteiger partial charge in [0.05, 0.1) is 26.2 Å². The van der Waals surface area contributed by atoms with Gasteiger partial charge in [-0.15, -0.1) is 0 Å². The number of nitrogens with one attached hydrogen (secondary N) is 3. The molecule has 10 heteroatoms. The topological polar surface area (TPSA) is 126 Å². The Morgan fingerprint density at radius 2 is 1.71 bits per heavy atom. The summed E-state index contributed by atoms with van der Waals surface area (Å²) >= 11 is 0. The Balaban J connectivity index is 1.33. The molecule has 0 aromatic heterocycles. The standard InChI is InChI=1S/C39H48N4O6/c1-28-14-16-33-23-32(28)25-40-38(46)34(17-15-29-9-4-2-5-10-29)42-39(47)35(24-37(45)43-20-8-13-30(26-43)18-22-49-33)41-36(44)19-21-48-27-31-11-6-3-7-12-31/h2-7,9-12,14,16,23,30,34-35H,8,13,15,17-22,24-27H2,1H3,(H,40,46)(H,41,44)(H,42,47)/t30?,34-,35-/m0/s1. The van der Waals surface area contributed by atoms with E-state index in [9.17, 15) is 19.2 Å². The Hall–Kier alpha value is -4.70. The van der Waals surface area contributed by atoms with Crippen molar-refractivity contribution in [2.75, 3.05) is 26.3 Å². The summed E-state index contributed by atoms with van der Waals surface area (Å²) < 4.78 is 11.8. The van der Waals surface area contributed by atoms with E-state index >= 15 is 0 Å². The lowest BCUT2D eigenvalue weighted by atomic mass is 9.94. The minimum Gasteiger partial charge on any atom is -0.494 e. The zero-order valence-corrected chi connectivity index (χ0v) is 28.3. The molecule has 0 spiro atoms. The van der Waals surface area contributed by atoms with Gasteiger partial charge in [0.15, 0.2) is 0 Å². The predicted molar refractivity (Wildman–Crippen MR) is 186 cm³/mol. The molecule has 4 bridgehead atoms. The highest BCUT2D eigenvalue weighted by Gasteiger charge is 2.32. The zero-order valence-electron chi connectivity index (χ0n) is 28.3. The molecule has 2 heterocycles. The van der Waals surface area contributed by atoms with Crippen LogP contribution in [0.5, 0.6) is 5.75 Å². The third kappa shape index (κ3) is 11.2. The molecule has 3 aromatic carbocycles. The van der Waals surface area contributed by atoms with E-state index in [2.05, 4.69) is 16.0 Å². The van der Waals surface area contributed by atoms with Crippen LogP contribution in [0.2, 0.25) is 0 Å². The number of hydrogen-bond donors (Lipinski definition) is 3. The molecule has 3 atom stereocenters. The van der Waals surface area contributed by atoms with E-state index in [4.69, 9.17) is 9.47 Å². The molecule has 0 radical (unpaired) electrons. The number of nitrogens with zero attached hydrogens (tertiary/aromatic N) is 1. The summed E-state index contributed by atoms with van der Waals surface area (Å²) in [6, 6.07) is 23.2. The van der Waals surface area contributed by atoms with E-state index in [-0.39, 0.29) is 43.7 Å². The van der Waals surface area contributed by atoms with E-state index in [1.54, 1.807) is 4.90 Å². The van der Waals surface area contributed by atoms with Crippen LogP contribution in [-0.4, -0.2) is 66.9 Å². The smallest absolute Gasteiger partial charge is 0.243 e. The highest BCUT2D eigenvalue weighted by atomic mass is 16.5. The van der Waals surface area contributed by atoms with Crippen LogP contribution < -0.4 is 20.7 Å². The molecule has 3 aromatic rings. The van der Waals surface area contributed by atoms with Crippen molar-refractivity contribution in [1.82, 2.24) is 20.9 Å². The molecule has 1 unspecified atom stereocenters. The van der Waals surface area contributed by atoms with Crippen LogP contribution in [0.3, 0.4) is 0 Å². The van der Waals surface area contributed by atoms with Gasteiger partial charge in [0.1, 0.15) is 17.8 Å². The van der Waals surface area contributed by atoms with Crippen molar-refractivity contribution < 1.29 is 28.7 Å². The van der Waals surface area contributed by atoms with E-state index in [0.29, 0.717) is 39.1 Å². The number of piperidine rings is 1. The number of benzene rings is 3. The first-order chi connectivity index (χ1) is 23.8. The van der Waals surface area contributed by atoms with E-state index in [1.807, 2.05) is 85.8 Å². The average Bonchev–Trinajstić information content (AvgIpc) is 3.12. The molecule has 10 nitrogen and oxygen atoms in total. The van der Waals surface area contributed by atoms with Crippen LogP contribution in [-0.2, 0) is 43.5 Å². The van der Waals surface area contributed by atoms with E-state index in [1.165, 1.54) is 0 Å². The second-order valence-corrected chi connectivity index (χ2v) is 13.0. The molecule has 2 aliphatic rings. The van der Waals surface area contributed by atoms with Gasteiger partial charge in [-0.1, -0.05) is 66.7 Å². The number of fused-ring (bicyclic) bond motifs is 4. The van der Waals surface area contributed by atoms with E-state index < -0.39 is 23.9 Å². The number of amides is 4. The molecule has 0 saturated carbocycles. The van der Waals surface area contributed by atoms with Crippen molar-refractivity contribution in [3.05, 3.63) is 101 Å². The van der Waals surface area contributed by atoms with Gasteiger partial charge in [0.2, 0.25) is 23.6 Å². The lowest BCUT2D eigenvalue weighted by Crippen LogP contribution is -2.55. The highest BCUT2D eigenvalue weighted by molar-refractivity contribution is 5.95. The van der Waals surface area contributed by atoms with Crippen LogP contribution in [0.1, 0.15) is 60.8 Å². The zero-order chi connectivity index (χ0) is 34.4. The quantitative estimate of drug-likeness (QED) is 0.293. The summed E-state index contributed by atoms with van der Waals surface area (Å²) in [5.41, 5.74) is 3.96. The first kappa shape index (κ1) is 35.6. The molecule has 1 saturated heterocycles. The molecule has 4 amide bonds. The summed E-state index contributed by atoms with van der Waals surface area (Å²) in [5, 5.41) is 8.67. The van der Waals surface area contributed by atoms with Crippen LogP contribution >= 0.6 is 0 Å². The highest BCUT2D eigenvalue weighted by Crippen LogP contribution is 2.23. The molecule has 0 aliphatic carbocycles. The Morgan fingerprint density at radius 1 is 0.959 bits per heavy atom. The maximum atomic E-state index is 13.9. The molecule has 5 rings (SSSR count). The van der Waals surface area contributed by atoms with Crippen molar-refractivity contribution in [3.8, 4) is 5.75 Å². The van der Waals surface area contributed by atoms with Crippen molar-refractivity contribution >= 4 is 23.6 Å². The number of rotatable bonds is 9. The lowest BCUT2D eigenvalue weighted by Gasteiger charge is -2.34. The first-order valence-corrected chi connectivity index (χ1v) is 17.4. The maximum Gasteiger partial charge on any atom is 0.243 e. The van der Waals surface area contributed by atoms with Crippen LogP contribution in [0.4, 0.5) is 0 Å². The van der Waals surface area contributed by atoms with Crippen molar-refractivity contribution in [2.45, 2.75) is 77.1 Å². The lowest BCUT2D eigenvalue weighted by molar-refractivity contribution is -0.138. The number of hydrogen-bond acceptors (Lipinski definition) is 6. The molecule has 2 aliphatic heterocycles. The minimum absolute atomic E-state index is 0.0208. The molecular weight excluding hydrogens is 620 g/mol. The summed E-state index contributed by atoms with van der Waals surface area (Å²) in [4.78, 5) is 56.1. The third-order valence-electron chi connectivity index (χ3n) is 9.25. The number of carbonyl (C=O) groups excluding carboxylic acids is 4. The van der Waals surface area contributed by atoms with E-state index in [0.717, 1.165) is 47.3 Å². The van der Waals surface area contributed by atoms with Gasteiger partial charge in [0, 0.05) is 26.1 Å². The SMILES string of the molecule is Cc1ccc2cc1CNC(=O)[C@H](CCc1ccccc1)NC(=O)[C@@H](NC(=O)CCOCc1ccccc1)CC(=O)N1CCCC(CCO2)C1. The fourth-order valence-corrected chi connectivity index (χ4v) is 6.31. The summed E-state index contributed by atoms with van der Waals surface area (Å²) in [6.45, 7) is 4.44. The van der Waals surface area contributed by atoms with Crippen molar-refractivity contribution in [2.24, 2.45) is 5.92 Å². The van der Waals surface area contributed by atoms with Gasteiger partial charge in [0.25, 0.3) is 0 Å². The normalized spacial score (nSPS) is 20.6. The maximum absolute atomic E-state index is 13.9. The van der Waals surface area contributed by atoms with Crippen LogP contribution in [0.15, 0.2) is 78.9 Å². The summed E-state index contributed by atoms with van der Waals surface area (Å²) in [5.74, 6) is -0.523. The molecule has 1 fully saturated rings. The van der Waals surface area contributed by atoms with Gasteiger partial charge in [-0.05, 0) is 79.3 Å². The van der Waals surface area contributed by atoms with Crippen molar-refractivity contribution in [3.63, 3.8) is 0 Å². The Bertz CT molecular complexity index is 1550. The molecule has 49 heavy (non-hydrogen) atoms. The molecular formula is C39H48N4O6. The molecule has 3 N–H and O–H groups in total. The summed E-state index contributed by atoms with van der Waals surface area (Å²) in [6.07, 6.45) is 3.33. The fourth-order valence-electron chi connectivity index (χ4n) is 6.31. The predicted octanol–water partition coefficient (Wildman–Crippen LogP) is 4.23. The second-order valence-electron chi connectivity index (χ2n) is 13.0. The second kappa shape index (κ2) is 18.2. The number of ether oxygens (including phenoxy) is 2. The first-order valence-electron chi connectivity index (χ1n) is 17.4. The minimum atomic E-state index is -1.15. The van der Waals surface area contributed by atoms with Gasteiger partial charge < -0.3 is 30.3 Å². The van der Waals surface area contributed by atoms with Gasteiger partial charge in [-0.25, -0.2) is 0 Å². The van der Waals surface area contributed by atoms with Crippen LogP contribution in [0.25, 0.3) is 0 Å². The third-order valence-corrected chi connectivity index (χ3v) is 9.25.